The van der Waals surface area contributed by atoms with Crippen LogP contribution in [-0.2, 0) is 0 Å². The second-order valence-corrected chi connectivity index (χ2v) is 5.41. The third-order valence-electron chi connectivity index (χ3n) is 4.25. The molecule has 2 saturated heterocycles. The summed E-state index contributed by atoms with van der Waals surface area (Å²) in [6, 6.07) is 4.33. The molecular formula is C14H21N3. The molecule has 2 aliphatic rings. The van der Waals surface area contributed by atoms with Gasteiger partial charge in [0, 0.05) is 18.8 Å². The topological polar surface area (TPSA) is 28.2 Å². The van der Waals surface area contributed by atoms with Crippen molar-refractivity contribution in [2.24, 2.45) is 11.8 Å². The maximum Gasteiger partial charge on any atom is 0.0553 e. The summed E-state index contributed by atoms with van der Waals surface area (Å²) in [5, 5.41) is 3.52. The summed E-state index contributed by atoms with van der Waals surface area (Å²) < 4.78 is 0. The van der Waals surface area contributed by atoms with Gasteiger partial charge in [-0.15, -0.1) is 0 Å². The summed E-state index contributed by atoms with van der Waals surface area (Å²) in [6.45, 7) is 6.87. The number of hydrogen-bond donors (Lipinski definition) is 1. The van der Waals surface area contributed by atoms with Crippen LogP contribution < -0.4 is 10.2 Å². The summed E-state index contributed by atoms with van der Waals surface area (Å²) in [4.78, 5) is 6.92. The van der Waals surface area contributed by atoms with Crippen molar-refractivity contribution < 1.29 is 0 Å². The second kappa shape index (κ2) is 4.65. The van der Waals surface area contributed by atoms with Gasteiger partial charge in [-0.05, 0) is 56.8 Å². The van der Waals surface area contributed by atoms with Gasteiger partial charge in [0.25, 0.3) is 0 Å². The van der Waals surface area contributed by atoms with Crippen molar-refractivity contribution in [1.82, 2.24) is 10.3 Å². The smallest absolute Gasteiger partial charge is 0.0553 e. The van der Waals surface area contributed by atoms with Crippen molar-refractivity contribution in [2.75, 3.05) is 31.1 Å². The number of nitrogens with zero attached hydrogens (tertiary/aromatic N) is 2. The Balaban J connectivity index is 1.71. The number of aryl methyl sites for hydroxylation is 1. The molecule has 3 heterocycles. The highest BCUT2D eigenvalue weighted by Gasteiger charge is 2.31. The number of piperidine rings is 2. The number of anilines is 1. The molecule has 0 spiro atoms. The van der Waals surface area contributed by atoms with Crippen LogP contribution in [0.1, 0.15) is 18.5 Å². The first-order chi connectivity index (χ1) is 8.33. The van der Waals surface area contributed by atoms with Gasteiger partial charge in [0.15, 0.2) is 0 Å². The van der Waals surface area contributed by atoms with Crippen LogP contribution in [0.5, 0.6) is 0 Å². The minimum atomic E-state index is 0.881. The first kappa shape index (κ1) is 11.0. The molecule has 0 aliphatic carbocycles. The Bertz CT molecular complexity index is 374. The van der Waals surface area contributed by atoms with E-state index in [-0.39, 0.29) is 0 Å². The number of nitrogens with one attached hydrogen (secondary N) is 1. The number of pyridine rings is 1. The first-order valence-electron chi connectivity index (χ1n) is 6.71. The van der Waals surface area contributed by atoms with Crippen molar-refractivity contribution in [1.29, 1.82) is 0 Å². The molecule has 17 heavy (non-hydrogen) atoms. The summed E-state index contributed by atoms with van der Waals surface area (Å²) >= 11 is 0. The fraction of sp³-hybridized carbons (Fsp3) is 0.643. The zero-order chi connectivity index (χ0) is 11.7. The van der Waals surface area contributed by atoms with Crippen LogP contribution >= 0.6 is 0 Å². The van der Waals surface area contributed by atoms with Crippen molar-refractivity contribution in [3.05, 3.63) is 24.0 Å². The van der Waals surface area contributed by atoms with Gasteiger partial charge in [-0.1, -0.05) is 0 Å². The zero-order valence-corrected chi connectivity index (χ0v) is 10.5. The molecule has 3 nitrogen and oxygen atoms in total. The fourth-order valence-electron chi connectivity index (χ4n) is 3.13. The van der Waals surface area contributed by atoms with Crippen molar-refractivity contribution in [2.45, 2.75) is 19.8 Å². The average Bonchev–Trinajstić information content (AvgIpc) is 2.39. The summed E-state index contributed by atoms with van der Waals surface area (Å²) in [5.74, 6) is 1.78. The Labute approximate surface area is 103 Å². The highest BCUT2D eigenvalue weighted by Crippen LogP contribution is 2.30. The van der Waals surface area contributed by atoms with E-state index in [1.165, 1.54) is 44.7 Å². The van der Waals surface area contributed by atoms with Crippen LogP contribution in [-0.4, -0.2) is 31.2 Å². The molecule has 3 rings (SSSR count). The molecule has 0 saturated carbocycles. The average molecular weight is 231 g/mol. The second-order valence-electron chi connectivity index (χ2n) is 5.41. The van der Waals surface area contributed by atoms with E-state index in [0.717, 1.165) is 17.5 Å². The Morgan fingerprint density at radius 1 is 1.29 bits per heavy atom. The lowest BCUT2D eigenvalue weighted by molar-refractivity contribution is 0.218. The van der Waals surface area contributed by atoms with E-state index in [0.29, 0.717) is 0 Å². The molecule has 0 radical (unpaired) electrons. The van der Waals surface area contributed by atoms with E-state index in [9.17, 15) is 0 Å². The van der Waals surface area contributed by atoms with Crippen molar-refractivity contribution >= 4 is 5.69 Å². The van der Waals surface area contributed by atoms with E-state index >= 15 is 0 Å². The van der Waals surface area contributed by atoms with Gasteiger partial charge < -0.3 is 10.2 Å². The first-order valence-corrected chi connectivity index (χ1v) is 6.71. The van der Waals surface area contributed by atoms with Crippen LogP contribution in [0.15, 0.2) is 18.3 Å². The summed E-state index contributed by atoms with van der Waals surface area (Å²) in [7, 11) is 0. The summed E-state index contributed by atoms with van der Waals surface area (Å²) in [5.41, 5.74) is 2.40. The minimum absolute atomic E-state index is 0.881. The third-order valence-corrected chi connectivity index (χ3v) is 4.25. The number of aromatic nitrogens is 1. The minimum Gasteiger partial charge on any atom is -0.370 e. The van der Waals surface area contributed by atoms with E-state index in [2.05, 4.69) is 27.3 Å². The Hall–Kier alpha value is -1.09. The maximum atomic E-state index is 4.40. The van der Waals surface area contributed by atoms with Gasteiger partial charge in [0.1, 0.15) is 0 Å². The summed E-state index contributed by atoms with van der Waals surface area (Å²) in [6.07, 6.45) is 4.68. The van der Waals surface area contributed by atoms with E-state index in [1.54, 1.807) is 0 Å². The van der Waals surface area contributed by atoms with Gasteiger partial charge in [0.2, 0.25) is 0 Å². The maximum absolute atomic E-state index is 4.40. The van der Waals surface area contributed by atoms with Crippen LogP contribution in [0.2, 0.25) is 0 Å². The van der Waals surface area contributed by atoms with E-state index in [4.69, 9.17) is 0 Å². The molecule has 0 amide bonds. The lowest BCUT2D eigenvalue weighted by Gasteiger charge is -2.42. The molecule has 3 heteroatoms. The van der Waals surface area contributed by atoms with Crippen molar-refractivity contribution in [3.63, 3.8) is 0 Å². The standard InChI is InChI=1S/C14H21N3/c1-11-2-3-14(9-16-11)17-7-5-12-8-15-6-4-13(12)10-17/h2-3,9,12-13,15H,4-8,10H2,1H3. The molecular weight excluding hydrogens is 210 g/mol. The molecule has 2 unspecified atom stereocenters. The molecule has 1 N–H and O–H groups in total. The molecule has 2 fully saturated rings. The van der Waals surface area contributed by atoms with Crippen LogP contribution in [0.25, 0.3) is 0 Å². The van der Waals surface area contributed by atoms with Crippen LogP contribution in [0.4, 0.5) is 5.69 Å². The third kappa shape index (κ3) is 2.29. The monoisotopic (exact) mass is 231 g/mol. The lowest BCUT2D eigenvalue weighted by atomic mass is 9.81. The molecule has 2 aliphatic heterocycles. The fourth-order valence-corrected chi connectivity index (χ4v) is 3.13. The van der Waals surface area contributed by atoms with Crippen LogP contribution in [0, 0.1) is 18.8 Å². The van der Waals surface area contributed by atoms with Gasteiger partial charge in [-0.2, -0.15) is 0 Å². The van der Waals surface area contributed by atoms with Gasteiger partial charge in [-0.25, -0.2) is 0 Å². The Morgan fingerprint density at radius 3 is 3.06 bits per heavy atom. The van der Waals surface area contributed by atoms with Crippen LogP contribution in [0.3, 0.4) is 0 Å². The highest BCUT2D eigenvalue weighted by molar-refractivity contribution is 5.45. The quantitative estimate of drug-likeness (QED) is 0.799. The SMILES string of the molecule is Cc1ccc(N2CCC3CNCCC3C2)cn1. The van der Waals surface area contributed by atoms with E-state index in [1.807, 2.05) is 13.1 Å². The zero-order valence-electron chi connectivity index (χ0n) is 10.5. The largest absolute Gasteiger partial charge is 0.370 e. The molecule has 2 atom stereocenters. The predicted octanol–water partition coefficient (Wildman–Crippen LogP) is 1.83. The molecule has 1 aromatic rings. The number of rotatable bonds is 1. The predicted molar refractivity (Wildman–Crippen MR) is 70.3 cm³/mol. The number of fused-ring (bicyclic) bond motifs is 1. The number of hydrogen-bond acceptors (Lipinski definition) is 3. The Morgan fingerprint density at radius 2 is 2.24 bits per heavy atom. The molecule has 1 aromatic heterocycles. The lowest BCUT2D eigenvalue weighted by Crippen LogP contribution is -2.48. The molecule has 0 aromatic carbocycles. The molecule has 92 valence electrons. The van der Waals surface area contributed by atoms with Crippen molar-refractivity contribution in [3.8, 4) is 0 Å². The Kier molecular flexibility index (Phi) is 3.02. The van der Waals surface area contributed by atoms with Gasteiger partial charge in [-0.3, -0.25) is 4.98 Å². The normalized spacial score (nSPS) is 28.9. The highest BCUT2D eigenvalue weighted by atomic mass is 15.1. The van der Waals surface area contributed by atoms with Gasteiger partial charge >= 0.3 is 0 Å². The molecule has 0 bridgehead atoms. The van der Waals surface area contributed by atoms with E-state index < -0.39 is 0 Å². The van der Waals surface area contributed by atoms with Gasteiger partial charge in [0.05, 0.1) is 11.9 Å².